The maximum Gasteiger partial charge on any atom is 0.175 e. The van der Waals surface area contributed by atoms with Crippen LogP contribution in [0.2, 0.25) is 0 Å². The first-order valence-electron chi connectivity index (χ1n) is 5.70. The second kappa shape index (κ2) is 4.89. The number of hydrogen-bond acceptors (Lipinski definition) is 4. The van der Waals surface area contributed by atoms with Gasteiger partial charge in [0.25, 0.3) is 0 Å². The number of sulfone groups is 1. The molecule has 0 unspecified atom stereocenters. The molecule has 2 aromatic rings. The molecule has 0 fully saturated rings. The van der Waals surface area contributed by atoms with Gasteiger partial charge in [0.1, 0.15) is 6.33 Å². The van der Waals surface area contributed by atoms with E-state index < -0.39 is 9.84 Å². The zero-order valence-electron chi connectivity index (χ0n) is 10.4. The predicted molar refractivity (Wildman–Crippen MR) is 68.9 cm³/mol. The van der Waals surface area contributed by atoms with Gasteiger partial charge in [0.15, 0.2) is 15.7 Å². The Bertz CT molecular complexity index is 630. The molecule has 0 N–H and O–H groups in total. The van der Waals surface area contributed by atoms with E-state index in [1.807, 2.05) is 4.68 Å². The quantitative estimate of drug-likeness (QED) is 0.845. The summed E-state index contributed by atoms with van der Waals surface area (Å²) in [6.45, 7) is 2.86. The van der Waals surface area contributed by atoms with E-state index in [0.717, 1.165) is 24.4 Å². The molecule has 2 rings (SSSR count). The van der Waals surface area contributed by atoms with Crippen molar-refractivity contribution < 1.29 is 8.42 Å². The number of aryl methyl sites for hydroxylation is 1. The molecule has 5 nitrogen and oxygen atoms in total. The predicted octanol–water partition coefficient (Wildman–Crippen LogP) is 1.76. The van der Waals surface area contributed by atoms with E-state index >= 15 is 0 Å². The van der Waals surface area contributed by atoms with E-state index in [1.165, 1.54) is 12.6 Å². The smallest absolute Gasteiger partial charge is 0.175 e. The zero-order valence-corrected chi connectivity index (χ0v) is 11.2. The van der Waals surface area contributed by atoms with Crippen molar-refractivity contribution in [1.29, 1.82) is 0 Å². The summed E-state index contributed by atoms with van der Waals surface area (Å²) >= 11 is 0. The molecule has 0 spiro atoms. The van der Waals surface area contributed by atoms with Crippen LogP contribution in [-0.2, 0) is 16.4 Å². The fourth-order valence-corrected chi connectivity index (χ4v) is 2.34. The van der Waals surface area contributed by atoms with Crippen LogP contribution in [0.1, 0.15) is 13.3 Å². The summed E-state index contributed by atoms with van der Waals surface area (Å²) in [5, 5.41) is 4.14. The van der Waals surface area contributed by atoms with Crippen molar-refractivity contribution in [2.24, 2.45) is 0 Å². The van der Waals surface area contributed by atoms with Crippen LogP contribution in [0.25, 0.3) is 11.4 Å². The lowest BCUT2D eigenvalue weighted by Crippen LogP contribution is -2.02. The lowest BCUT2D eigenvalue weighted by atomic mass is 10.2. The highest BCUT2D eigenvalue weighted by molar-refractivity contribution is 7.90. The van der Waals surface area contributed by atoms with Gasteiger partial charge in [0, 0.05) is 18.4 Å². The summed E-state index contributed by atoms with van der Waals surface area (Å²) < 4.78 is 24.5. The molecule has 1 heterocycles. The van der Waals surface area contributed by atoms with Crippen LogP contribution in [0.3, 0.4) is 0 Å². The second-order valence-electron chi connectivity index (χ2n) is 4.10. The maximum atomic E-state index is 11.4. The molecule has 0 aliphatic rings. The summed E-state index contributed by atoms with van der Waals surface area (Å²) in [5.41, 5.74) is 0.869. The Labute approximate surface area is 106 Å². The van der Waals surface area contributed by atoms with Crippen molar-refractivity contribution in [3.05, 3.63) is 30.6 Å². The average molecular weight is 265 g/mol. The van der Waals surface area contributed by atoms with Crippen molar-refractivity contribution >= 4 is 9.84 Å². The lowest BCUT2D eigenvalue weighted by molar-refractivity contribution is 0.601. The standard InChI is InChI=1S/C12H15N3O2S/c1-3-8-15-12(13-9-14-15)10-4-6-11(7-5-10)18(2,16)17/h4-7,9H,3,8H2,1-2H3. The van der Waals surface area contributed by atoms with Crippen LogP contribution >= 0.6 is 0 Å². The van der Waals surface area contributed by atoms with Crippen LogP contribution in [0.5, 0.6) is 0 Å². The van der Waals surface area contributed by atoms with Gasteiger partial charge in [0.05, 0.1) is 4.90 Å². The highest BCUT2D eigenvalue weighted by Crippen LogP contribution is 2.19. The molecule has 0 atom stereocenters. The summed E-state index contributed by atoms with van der Waals surface area (Å²) in [6, 6.07) is 6.70. The van der Waals surface area contributed by atoms with Gasteiger partial charge >= 0.3 is 0 Å². The molecular formula is C12H15N3O2S. The Morgan fingerprint density at radius 3 is 2.44 bits per heavy atom. The van der Waals surface area contributed by atoms with Gasteiger partial charge in [-0.3, -0.25) is 0 Å². The highest BCUT2D eigenvalue weighted by atomic mass is 32.2. The number of hydrogen-bond donors (Lipinski definition) is 0. The second-order valence-corrected chi connectivity index (χ2v) is 6.12. The van der Waals surface area contributed by atoms with Crippen molar-refractivity contribution in [1.82, 2.24) is 14.8 Å². The minimum Gasteiger partial charge on any atom is -0.246 e. The Morgan fingerprint density at radius 1 is 1.22 bits per heavy atom. The average Bonchev–Trinajstić information content (AvgIpc) is 2.77. The van der Waals surface area contributed by atoms with Gasteiger partial charge < -0.3 is 0 Å². The van der Waals surface area contributed by atoms with Gasteiger partial charge in [-0.25, -0.2) is 18.1 Å². The monoisotopic (exact) mass is 265 g/mol. The highest BCUT2D eigenvalue weighted by Gasteiger charge is 2.10. The van der Waals surface area contributed by atoms with Crippen LogP contribution in [-0.4, -0.2) is 29.4 Å². The first-order valence-corrected chi connectivity index (χ1v) is 7.60. The van der Waals surface area contributed by atoms with Crippen LogP contribution in [0.15, 0.2) is 35.5 Å². The van der Waals surface area contributed by atoms with Gasteiger partial charge in [-0.1, -0.05) is 6.92 Å². The number of rotatable bonds is 4. The van der Waals surface area contributed by atoms with E-state index in [2.05, 4.69) is 17.0 Å². The fourth-order valence-electron chi connectivity index (χ4n) is 1.71. The number of aromatic nitrogens is 3. The van der Waals surface area contributed by atoms with Crippen LogP contribution in [0, 0.1) is 0 Å². The Kier molecular flexibility index (Phi) is 3.47. The summed E-state index contributed by atoms with van der Waals surface area (Å²) in [5.74, 6) is 0.761. The molecular weight excluding hydrogens is 250 g/mol. The molecule has 1 aromatic carbocycles. The minimum atomic E-state index is -3.15. The molecule has 6 heteroatoms. The Balaban J connectivity index is 2.37. The van der Waals surface area contributed by atoms with Crippen LogP contribution in [0.4, 0.5) is 0 Å². The summed E-state index contributed by atoms with van der Waals surface area (Å²) in [4.78, 5) is 4.51. The van der Waals surface area contributed by atoms with Crippen molar-refractivity contribution in [2.75, 3.05) is 6.26 Å². The fraction of sp³-hybridized carbons (Fsp3) is 0.333. The van der Waals surface area contributed by atoms with Crippen LogP contribution < -0.4 is 0 Å². The van der Waals surface area contributed by atoms with Crippen molar-refractivity contribution in [3.63, 3.8) is 0 Å². The summed E-state index contributed by atoms with van der Waals surface area (Å²) in [7, 11) is -3.15. The summed E-state index contributed by atoms with van der Waals surface area (Å²) in [6.07, 6.45) is 3.68. The third-order valence-corrected chi connectivity index (χ3v) is 3.72. The van der Waals surface area contributed by atoms with Gasteiger partial charge in [-0.2, -0.15) is 5.10 Å². The zero-order chi connectivity index (χ0) is 13.2. The molecule has 0 amide bonds. The molecule has 1 aromatic heterocycles. The molecule has 0 radical (unpaired) electrons. The van der Waals surface area contributed by atoms with Crippen molar-refractivity contribution in [3.8, 4) is 11.4 Å². The topological polar surface area (TPSA) is 64.8 Å². The third-order valence-electron chi connectivity index (χ3n) is 2.59. The molecule has 0 saturated heterocycles. The van der Waals surface area contributed by atoms with E-state index in [0.29, 0.717) is 4.90 Å². The molecule has 0 aliphatic heterocycles. The van der Waals surface area contributed by atoms with E-state index in [9.17, 15) is 8.42 Å². The first kappa shape index (κ1) is 12.8. The van der Waals surface area contributed by atoms with Crippen molar-refractivity contribution in [2.45, 2.75) is 24.8 Å². The third kappa shape index (κ3) is 2.59. The minimum absolute atomic E-state index is 0.313. The van der Waals surface area contributed by atoms with E-state index in [-0.39, 0.29) is 0 Å². The SMILES string of the molecule is CCCn1ncnc1-c1ccc(S(C)(=O)=O)cc1. The van der Waals surface area contributed by atoms with Gasteiger partial charge in [0.2, 0.25) is 0 Å². The first-order chi connectivity index (χ1) is 8.52. The molecule has 0 saturated carbocycles. The van der Waals surface area contributed by atoms with Gasteiger partial charge in [-0.05, 0) is 30.7 Å². The number of nitrogens with zero attached hydrogens (tertiary/aromatic N) is 3. The number of benzene rings is 1. The lowest BCUT2D eigenvalue weighted by Gasteiger charge is -2.05. The Morgan fingerprint density at radius 2 is 1.89 bits per heavy atom. The molecule has 96 valence electrons. The maximum absolute atomic E-state index is 11.4. The molecule has 0 aliphatic carbocycles. The van der Waals surface area contributed by atoms with E-state index in [4.69, 9.17) is 0 Å². The normalized spacial score (nSPS) is 11.7. The molecule has 0 bridgehead atoms. The molecule has 18 heavy (non-hydrogen) atoms. The van der Waals surface area contributed by atoms with Gasteiger partial charge in [-0.15, -0.1) is 0 Å². The Hall–Kier alpha value is -1.69. The largest absolute Gasteiger partial charge is 0.246 e. The van der Waals surface area contributed by atoms with E-state index in [1.54, 1.807) is 24.3 Å².